The quantitative estimate of drug-likeness (QED) is 0.826. The van der Waals surface area contributed by atoms with Crippen LogP contribution in [0.1, 0.15) is 30.4 Å². The molecule has 0 radical (unpaired) electrons. The molecule has 2 aliphatic carbocycles. The number of carbonyl (C=O) groups excluding carboxylic acids is 1. The first kappa shape index (κ1) is 10.8. The van der Waals surface area contributed by atoms with Crippen LogP contribution in [0.5, 0.6) is 0 Å². The summed E-state index contributed by atoms with van der Waals surface area (Å²) in [6.07, 6.45) is 3.58. The summed E-state index contributed by atoms with van der Waals surface area (Å²) >= 11 is 0. The van der Waals surface area contributed by atoms with Crippen molar-refractivity contribution in [2.45, 2.75) is 32.4 Å². The van der Waals surface area contributed by atoms with E-state index in [1.807, 2.05) is 24.3 Å². The van der Waals surface area contributed by atoms with Gasteiger partial charge in [0.1, 0.15) is 0 Å². The Morgan fingerprint density at radius 2 is 2.18 bits per heavy atom. The molecule has 3 rings (SSSR count). The van der Waals surface area contributed by atoms with Crippen LogP contribution in [0.25, 0.3) is 0 Å². The number of aliphatic hydroxyl groups excluding tert-OH is 1. The first-order valence-corrected chi connectivity index (χ1v) is 6.20. The normalized spacial score (nSPS) is 23.5. The van der Waals surface area contributed by atoms with E-state index in [-0.39, 0.29) is 18.4 Å². The second-order valence-corrected chi connectivity index (χ2v) is 5.31. The van der Waals surface area contributed by atoms with Crippen LogP contribution in [0.3, 0.4) is 0 Å². The number of amides is 1. The van der Waals surface area contributed by atoms with Crippen LogP contribution >= 0.6 is 0 Å². The van der Waals surface area contributed by atoms with Crippen LogP contribution in [0.15, 0.2) is 24.3 Å². The van der Waals surface area contributed by atoms with Crippen molar-refractivity contribution in [1.29, 1.82) is 0 Å². The number of nitrogens with one attached hydrogen (secondary N) is 1. The maximum Gasteiger partial charge on any atom is 0.223 e. The molecule has 2 fully saturated rings. The van der Waals surface area contributed by atoms with Gasteiger partial charge < -0.3 is 10.4 Å². The van der Waals surface area contributed by atoms with E-state index in [0.29, 0.717) is 12.0 Å². The van der Waals surface area contributed by atoms with Crippen molar-refractivity contribution in [3.8, 4) is 0 Å². The molecule has 1 spiro atoms. The zero-order valence-electron chi connectivity index (χ0n) is 9.78. The standard InChI is InChI=1S/C14H17NO2/c16-9-11-3-1-2-10(6-11)8-15-13(17)12-7-14(12)4-5-14/h1-3,6,12,16H,4-5,7-9H2,(H,15,17)/t12-/m0/s1. The van der Waals surface area contributed by atoms with Gasteiger partial charge in [-0.05, 0) is 35.8 Å². The molecule has 0 aromatic heterocycles. The van der Waals surface area contributed by atoms with Gasteiger partial charge in [0, 0.05) is 12.5 Å². The van der Waals surface area contributed by atoms with Gasteiger partial charge in [0.15, 0.2) is 0 Å². The van der Waals surface area contributed by atoms with E-state index in [0.717, 1.165) is 17.5 Å². The van der Waals surface area contributed by atoms with E-state index in [2.05, 4.69) is 5.32 Å². The molecule has 1 amide bonds. The minimum atomic E-state index is 0.0491. The van der Waals surface area contributed by atoms with Crippen molar-refractivity contribution in [3.05, 3.63) is 35.4 Å². The summed E-state index contributed by atoms with van der Waals surface area (Å²) < 4.78 is 0. The molecule has 1 aromatic rings. The highest BCUT2D eigenvalue weighted by molar-refractivity contribution is 5.83. The van der Waals surface area contributed by atoms with Crippen LogP contribution in [0, 0.1) is 11.3 Å². The lowest BCUT2D eigenvalue weighted by molar-refractivity contribution is -0.122. The Labute approximate surface area is 101 Å². The molecule has 2 saturated carbocycles. The number of carbonyl (C=O) groups is 1. The van der Waals surface area contributed by atoms with E-state index in [4.69, 9.17) is 5.11 Å². The molecular weight excluding hydrogens is 214 g/mol. The van der Waals surface area contributed by atoms with Crippen molar-refractivity contribution < 1.29 is 9.90 Å². The van der Waals surface area contributed by atoms with Gasteiger partial charge in [-0.15, -0.1) is 0 Å². The summed E-state index contributed by atoms with van der Waals surface area (Å²) in [6, 6.07) is 7.69. The Hall–Kier alpha value is -1.35. The van der Waals surface area contributed by atoms with E-state index in [1.165, 1.54) is 12.8 Å². The second-order valence-electron chi connectivity index (χ2n) is 5.31. The maximum atomic E-state index is 11.8. The zero-order valence-corrected chi connectivity index (χ0v) is 9.78. The third-order valence-corrected chi connectivity index (χ3v) is 4.04. The van der Waals surface area contributed by atoms with Crippen molar-refractivity contribution in [3.63, 3.8) is 0 Å². The third-order valence-electron chi connectivity index (χ3n) is 4.04. The zero-order chi connectivity index (χ0) is 11.9. The lowest BCUT2D eigenvalue weighted by Gasteiger charge is -2.06. The molecule has 3 nitrogen and oxygen atoms in total. The number of benzene rings is 1. The van der Waals surface area contributed by atoms with Gasteiger partial charge in [-0.25, -0.2) is 0 Å². The van der Waals surface area contributed by atoms with Crippen molar-refractivity contribution in [2.24, 2.45) is 11.3 Å². The highest BCUT2D eigenvalue weighted by Crippen LogP contribution is 2.70. The average molecular weight is 231 g/mol. The van der Waals surface area contributed by atoms with Crippen LogP contribution in [-0.2, 0) is 17.9 Å². The molecule has 1 atom stereocenters. The smallest absolute Gasteiger partial charge is 0.223 e. The minimum Gasteiger partial charge on any atom is -0.392 e. The van der Waals surface area contributed by atoms with Gasteiger partial charge in [-0.2, -0.15) is 0 Å². The highest BCUT2D eigenvalue weighted by Gasteiger charge is 2.65. The van der Waals surface area contributed by atoms with Gasteiger partial charge in [-0.1, -0.05) is 24.3 Å². The summed E-state index contributed by atoms with van der Waals surface area (Å²) in [4.78, 5) is 11.8. The summed E-state index contributed by atoms with van der Waals surface area (Å²) in [5.41, 5.74) is 2.37. The molecule has 0 unspecified atom stereocenters. The SMILES string of the molecule is O=C(NCc1cccc(CO)c1)[C@@H]1CC12CC2. The Bertz CT molecular complexity index is 451. The predicted octanol–water partition coefficient (Wildman–Crippen LogP) is 1.60. The predicted molar refractivity (Wildman–Crippen MR) is 64.0 cm³/mol. The van der Waals surface area contributed by atoms with Gasteiger partial charge in [0.2, 0.25) is 5.91 Å². The third kappa shape index (κ3) is 2.07. The second kappa shape index (κ2) is 3.84. The molecule has 90 valence electrons. The van der Waals surface area contributed by atoms with Crippen molar-refractivity contribution in [2.75, 3.05) is 0 Å². The van der Waals surface area contributed by atoms with Gasteiger partial charge in [0.05, 0.1) is 6.61 Å². The van der Waals surface area contributed by atoms with Crippen molar-refractivity contribution in [1.82, 2.24) is 5.32 Å². The van der Waals surface area contributed by atoms with Crippen LogP contribution < -0.4 is 5.32 Å². The minimum absolute atomic E-state index is 0.0491. The molecule has 2 aliphatic rings. The first-order chi connectivity index (χ1) is 8.23. The Kier molecular flexibility index (Phi) is 2.44. The molecule has 3 heteroatoms. The topological polar surface area (TPSA) is 49.3 Å². The fourth-order valence-corrected chi connectivity index (χ4v) is 2.58. The Balaban J connectivity index is 1.54. The Morgan fingerprint density at radius 1 is 1.41 bits per heavy atom. The molecule has 0 saturated heterocycles. The average Bonchev–Trinajstić information content (AvgIpc) is 3.28. The monoisotopic (exact) mass is 231 g/mol. The first-order valence-electron chi connectivity index (χ1n) is 6.20. The fraction of sp³-hybridized carbons (Fsp3) is 0.500. The van der Waals surface area contributed by atoms with E-state index < -0.39 is 0 Å². The van der Waals surface area contributed by atoms with E-state index in [1.54, 1.807) is 0 Å². The summed E-state index contributed by atoms with van der Waals surface area (Å²) in [5, 5.41) is 12.0. The van der Waals surface area contributed by atoms with Crippen molar-refractivity contribution >= 4 is 5.91 Å². The molecule has 2 N–H and O–H groups in total. The van der Waals surface area contributed by atoms with E-state index >= 15 is 0 Å². The fourth-order valence-electron chi connectivity index (χ4n) is 2.58. The lowest BCUT2D eigenvalue weighted by Crippen LogP contribution is -2.25. The number of hydrogen-bond acceptors (Lipinski definition) is 2. The summed E-state index contributed by atoms with van der Waals surface area (Å²) in [7, 11) is 0. The molecule has 0 aliphatic heterocycles. The van der Waals surface area contributed by atoms with Gasteiger partial charge in [0.25, 0.3) is 0 Å². The van der Waals surface area contributed by atoms with E-state index in [9.17, 15) is 4.79 Å². The highest BCUT2D eigenvalue weighted by atomic mass is 16.3. The molecule has 0 bridgehead atoms. The molecule has 1 aromatic carbocycles. The maximum absolute atomic E-state index is 11.8. The van der Waals surface area contributed by atoms with Crippen LogP contribution in [-0.4, -0.2) is 11.0 Å². The summed E-state index contributed by atoms with van der Waals surface area (Å²) in [6.45, 7) is 0.618. The number of rotatable bonds is 4. The Morgan fingerprint density at radius 3 is 2.82 bits per heavy atom. The van der Waals surface area contributed by atoms with Gasteiger partial charge >= 0.3 is 0 Å². The molecule has 17 heavy (non-hydrogen) atoms. The molecular formula is C14H17NO2. The largest absolute Gasteiger partial charge is 0.392 e. The van der Waals surface area contributed by atoms with Crippen LogP contribution in [0.4, 0.5) is 0 Å². The number of aliphatic hydroxyl groups is 1. The molecule has 0 heterocycles. The van der Waals surface area contributed by atoms with Crippen LogP contribution in [0.2, 0.25) is 0 Å². The number of hydrogen-bond donors (Lipinski definition) is 2. The lowest BCUT2D eigenvalue weighted by atomic mass is 10.1. The summed E-state index contributed by atoms with van der Waals surface area (Å²) in [5.74, 6) is 0.487. The van der Waals surface area contributed by atoms with Gasteiger partial charge in [-0.3, -0.25) is 4.79 Å².